The lowest BCUT2D eigenvalue weighted by molar-refractivity contribution is -0.141. The smallest absolute Gasteiger partial charge is 0.325 e. The van der Waals surface area contributed by atoms with E-state index in [9.17, 15) is 9.59 Å². The zero-order valence-corrected chi connectivity index (χ0v) is 10.3. The third-order valence-electron chi connectivity index (χ3n) is 2.29. The van der Waals surface area contributed by atoms with Crippen LogP contribution in [0.15, 0.2) is 24.3 Å². The van der Waals surface area contributed by atoms with Crippen LogP contribution in [0.4, 0.5) is 5.69 Å². The van der Waals surface area contributed by atoms with E-state index >= 15 is 0 Å². The second-order valence-electron chi connectivity index (χ2n) is 3.68. The van der Waals surface area contributed by atoms with E-state index in [0.29, 0.717) is 11.4 Å². The molecule has 1 aromatic carbocycles. The Morgan fingerprint density at radius 1 is 1.39 bits per heavy atom. The Morgan fingerprint density at radius 2 is 2.06 bits per heavy atom. The maximum absolute atomic E-state index is 11.5. The SMILES string of the molecule is COc1ccccc1NCC(=O)N[C@@H](C)C(=O)O. The minimum Gasteiger partial charge on any atom is -0.495 e. The van der Waals surface area contributed by atoms with Crippen molar-refractivity contribution in [3.8, 4) is 5.75 Å². The van der Waals surface area contributed by atoms with Gasteiger partial charge in [-0.1, -0.05) is 12.1 Å². The molecule has 1 rings (SSSR count). The largest absolute Gasteiger partial charge is 0.495 e. The molecule has 0 fully saturated rings. The first kappa shape index (κ1) is 13.8. The summed E-state index contributed by atoms with van der Waals surface area (Å²) in [4.78, 5) is 22.0. The molecule has 6 nitrogen and oxygen atoms in total. The maximum Gasteiger partial charge on any atom is 0.325 e. The molecule has 1 aromatic rings. The topological polar surface area (TPSA) is 87.7 Å². The van der Waals surface area contributed by atoms with Crippen molar-refractivity contribution in [1.29, 1.82) is 0 Å². The molecule has 0 aliphatic heterocycles. The molecule has 0 aliphatic rings. The quantitative estimate of drug-likeness (QED) is 0.693. The summed E-state index contributed by atoms with van der Waals surface area (Å²) in [5.74, 6) is -0.840. The number of rotatable bonds is 6. The molecule has 18 heavy (non-hydrogen) atoms. The molecule has 0 saturated carbocycles. The molecule has 0 saturated heterocycles. The van der Waals surface area contributed by atoms with Crippen LogP contribution in [0, 0.1) is 0 Å². The van der Waals surface area contributed by atoms with Crippen molar-refractivity contribution in [3.05, 3.63) is 24.3 Å². The van der Waals surface area contributed by atoms with Crippen molar-refractivity contribution in [3.63, 3.8) is 0 Å². The molecule has 3 N–H and O–H groups in total. The van der Waals surface area contributed by atoms with Crippen molar-refractivity contribution < 1.29 is 19.4 Å². The summed E-state index contributed by atoms with van der Waals surface area (Å²) in [6, 6.07) is 6.25. The van der Waals surface area contributed by atoms with E-state index < -0.39 is 17.9 Å². The highest BCUT2D eigenvalue weighted by atomic mass is 16.5. The number of carboxylic acid groups (broad SMARTS) is 1. The Bertz CT molecular complexity index is 434. The number of carbonyl (C=O) groups is 2. The van der Waals surface area contributed by atoms with Crippen LogP contribution in [-0.2, 0) is 9.59 Å². The number of nitrogens with one attached hydrogen (secondary N) is 2. The van der Waals surface area contributed by atoms with Gasteiger partial charge in [-0.05, 0) is 19.1 Å². The highest BCUT2D eigenvalue weighted by Crippen LogP contribution is 2.22. The number of carbonyl (C=O) groups excluding carboxylic acids is 1. The van der Waals surface area contributed by atoms with Crippen molar-refractivity contribution in [1.82, 2.24) is 5.32 Å². The van der Waals surface area contributed by atoms with Gasteiger partial charge in [0.2, 0.25) is 5.91 Å². The number of para-hydroxylation sites is 2. The molecule has 0 aliphatic carbocycles. The number of anilines is 1. The minimum atomic E-state index is -1.07. The predicted molar refractivity (Wildman–Crippen MR) is 66.7 cm³/mol. The fraction of sp³-hybridized carbons (Fsp3) is 0.333. The standard InChI is InChI=1S/C12H16N2O4/c1-8(12(16)17)14-11(15)7-13-9-5-3-4-6-10(9)18-2/h3-6,8,13H,7H2,1-2H3,(H,14,15)(H,16,17)/t8-/m0/s1. The van der Waals surface area contributed by atoms with Crippen LogP contribution in [0.1, 0.15) is 6.92 Å². The van der Waals surface area contributed by atoms with E-state index in [-0.39, 0.29) is 6.54 Å². The van der Waals surface area contributed by atoms with Gasteiger partial charge in [-0.15, -0.1) is 0 Å². The highest BCUT2D eigenvalue weighted by Gasteiger charge is 2.13. The second kappa shape index (κ2) is 6.48. The zero-order chi connectivity index (χ0) is 13.5. The van der Waals surface area contributed by atoms with Crippen molar-refractivity contribution >= 4 is 17.6 Å². The molecule has 6 heteroatoms. The van der Waals surface area contributed by atoms with Gasteiger partial charge in [0.15, 0.2) is 0 Å². The molecule has 0 unspecified atom stereocenters. The van der Waals surface area contributed by atoms with E-state index in [4.69, 9.17) is 9.84 Å². The molecule has 0 heterocycles. The van der Waals surface area contributed by atoms with Gasteiger partial charge in [0.25, 0.3) is 0 Å². The highest BCUT2D eigenvalue weighted by molar-refractivity contribution is 5.86. The lowest BCUT2D eigenvalue weighted by atomic mass is 10.3. The van der Waals surface area contributed by atoms with Gasteiger partial charge in [0, 0.05) is 0 Å². The summed E-state index contributed by atoms with van der Waals surface area (Å²) in [5.41, 5.74) is 0.679. The van der Waals surface area contributed by atoms with Crippen molar-refractivity contribution in [2.45, 2.75) is 13.0 Å². The first-order valence-electron chi connectivity index (χ1n) is 5.43. The van der Waals surface area contributed by atoms with Crippen LogP contribution in [0.3, 0.4) is 0 Å². The average molecular weight is 252 g/mol. The summed E-state index contributed by atoms with van der Waals surface area (Å²) >= 11 is 0. The first-order chi connectivity index (χ1) is 8.54. The van der Waals surface area contributed by atoms with Gasteiger partial charge in [0.1, 0.15) is 11.8 Å². The summed E-state index contributed by atoms with van der Waals surface area (Å²) in [7, 11) is 1.53. The summed E-state index contributed by atoms with van der Waals surface area (Å²) in [6.45, 7) is 1.39. The number of hydrogen-bond acceptors (Lipinski definition) is 4. The normalized spacial score (nSPS) is 11.4. The van der Waals surface area contributed by atoms with Gasteiger partial charge in [-0.25, -0.2) is 0 Å². The van der Waals surface area contributed by atoms with E-state index in [2.05, 4.69) is 10.6 Å². The Kier molecular flexibility index (Phi) is 4.98. The fourth-order valence-electron chi connectivity index (χ4n) is 1.32. The van der Waals surface area contributed by atoms with Crippen LogP contribution < -0.4 is 15.4 Å². The molecular weight excluding hydrogens is 236 g/mol. The third kappa shape index (κ3) is 3.97. The molecule has 0 radical (unpaired) electrons. The average Bonchev–Trinajstić information content (AvgIpc) is 2.36. The summed E-state index contributed by atoms with van der Waals surface area (Å²) in [6.07, 6.45) is 0. The lowest BCUT2D eigenvalue weighted by Crippen LogP contribution is -2.41. The van der Waals surface area contributed by atoms with Crippen LogP contribution in [-0.4, -0.2) is 36.7 Å². The number of methoxy groups -OCH3 is 1. The van der Waals surface area contributed by atoms with E-state index in [1.165, 1.54) is 14.0 Å². The lowest BCUT2D eigenvalue weighted by Gasteiger charge is -2.12. The molecule has 1 atom stereocenters. The van der Waals surface area contributed by atoms with Crippen LogP contribution in [0.2, 0.25) is 0 Å². The van der Waals surface area contributed by atoms with E-state index in [1.807, 2.05) is 12.1 Å². The number of aliphatic carboxylic acids is 1. The Balaban J connectivity index is 2.50. The zero-order valence-electron chi connectivity index (χ0n) is 10.3. The van der Waals surface area contributed by atoms with Crippen LogP contribution in [0.25, 0.3) is 0 Å². The Hall–Kier alpha value is -2.24. The summed E-state index contributed by atoms with van der Waals surface area (Å²) in [5, 5.41) is 13.9. The maximum atomic E-state index is 11.5. The van der Waals surface area contributed by atoms with Gasteiger partial charge in [-0.2, -0.15) is 0 Å². The minimum absolute atomic E-state index is 0.0159. The molecule has 0 bridgehead atoms. The number of benzene rings is 1. The first-order valence-corrected chi connectivity index (χ1v) is 5.43. The van der Waals surface area contributed by atoms with Crippen LogP contribution >= 0.6 is 0 Å². The van der Waals surface area contributed by atoms with E-state index in [1.54, 1.807) is 12.1 Å². The van der Waals surface area contributed by atoms with Gasteiger partial charge in [0.05, 0.1) is 19.3 Å². The van der Waals surface area contributed by atoms with Gasteiger partial charge in [-0.3, -0.25) is 9.59 Å². The van der Waals surface area contributed by atoms with Gasteiger partial charge < -0.3 is 20.5 Å². The number of carboxylic acids is 1. The third-order valence-corrected chi connectivity index (χ3v) is 2.29. The molecule has 98 valence electrons. The van der Waals surface area contributed by atoms with E-state index in [0.717, 1.165) is 0 Å². The predicted octanol–water partition coefficient (Wildman–Crippen LogP) is 0.696. The number of ether oxygens (including phenoxy) is 1. The molecular formula is C12H16N2O4. The molecule has 1 amide bonds. The summed E-state index contributed by atoms with van der Waals surface area (Å²) < 4.78 is 5.11. The van der Waals surface area contributed by atoms with Crippen molar-refractivity contribution in [2.75, 3.05) is 19.0 Å². The second-order valence-corrected chi connectivity index (χ2v) is 3.68. The number of amides is 1. The molecule has 0 aromatic heterocycles. The fourth-order valence-corrected chi connectivity index (χ4v) is 1.32. The number of hydrogen-bond donors (Lipinski definition) is 3. The monoisotopic (exact) mass is 252 g/mol. The molecule has 0 spiro atoms. The Morgan fingerprint density at radius 3 is 2.67 bits per heavy atom. The van der Waals surface area contributed by atoms with Crippen LogP contribution in [0.5, 0.6) is 5.75 Å². The van der Waals surface area contributed by atoms with Crippen molar-refractivity contribution in [2.24, 2.45) is 0 Å². The van der Waals surface area contributed by atoms with Gasteiger partial charge >= 0.3 is 5.97 Å². The Labute approximate surface area is 105 Å².